The zero-order chi connectivity index (χ0) is 14.8. The fourth-order valence-electron chi connectivity index (χ4n) is 2.51. The highest BCUT2D eigenvalue weighted by Crippen LogP contribution is 2.27. The van der Waals surface area contributed by atoms with Crippen LogP contribution in [0, 0.1) is 0 Å². The van der Waals surface area contributed by atoms with Crippen molar-refractivity contribution in [3.63, 3.8) is 0 Å². The van der Waals surface area contributed by atoms with Crippen molar-refractivity contribution in [1.82, 2.24) is 14.7 Å². The smallest absolute Gasteiger partial charge is 0.410 e. The Labute approximate surface area is 122 Å². The third-order valence-corrected chi connectivity index (χ3v) is 3.93. The molecule has 0 bridgehead atoms. The van der Waals surface area contributed by atoms with Gasteiger partial charge in [0.15, 0.2) is 0 Å². The minimum absolute atomic E-state index is 0.228. The lowest BCUT2D eigenvalue weighted by molar-refractivity contribution is 0.0270. The van der Waals surface area contributed by atoms with E-state index in [9.17, 15) is 4.79 Å². The maximum atomic E-state index is 11.9. The van der Waals surface area contributed by atoms with Gasteiger partial charge in [0.25, 0.3) is 0 Å². The zero-order valence-electron chi connectivity index (χ0n) is 13.4. The van der Waals surface area contributed by atoms with Crippen LogP contribution in [0.1, 0.15) is 33.6 Å². The molecule has 1 saturated heterocycles. The van der Waals surface area contributed by atoms with Gasteiger partial charge in [0.1, 0.15) is 5.60 Å². The summed E-state index contributed by atoms with van der Waals surface area (Å²) in [6, 6.07) is 0.876. The van der Waals surface area contributed by atoms with Crippen LogP contribution in [0.3, 0.4) is 0 Å². The van der Waals surface area contributed by atoms with Crippen molar-refractivity contribution in [3.8, 4) is 0 Å². The van der Waals surface area contributed by atoms with Gasteiger partial charge in [-0.05, 0) is 33.6 Å². The van der Waals surface area contributed by atoms with Crippen LogP contribution in [0.4, 0.5) is 4.79 Å². The van der Waals surface area contributed by atoms with Crippen LogP contribution in [-0.4, -0.2) is 78.8 Å². The van der Waals surface area contributed by atoms with Gasteiger partial charge in [0.05, 0.1) is 0 Å². The van der Waals surface area contributed by atoms with Crippen molar-refractivity contribution < 1.29 is 9.53 Å². The van der Waals surface area contributed by atoms with E-state index >= 15 is 0 Å². The Balaban J connectivity index is 1.63. The molecular weight excluding hydrogens is 254 g/mol. The molecule has 2 aliphatic rings. The Hall–Kier alpha value is -0.810. The molecule has 5 heteroatoms. The van der Waals surface area contributed by atoms with E-state index in [1.165, 1.54) is 25.9 Å². The van der Waals surface area contributed by atoms with Gasteiger partial charge >= 0.3 is 6.09 Å². The first-order chi connectivity index (χ1) is 9.35. The van der Waals surface area contributed by atoms with E-state index in [4.69, 9.17) is 4.74 Å². The van der Waals surface area contributed by atoms with Crippen LogP contribution in [0.15, 0.2) is 0 Å². The Morgan fingerprint density at radius 3 is 2.30 bits per heavy atom. The van der Waals surface area contributed by atoms with Crippen LogP contribution < -0.4 is 0 Å². The Kier molecular flexibility index (Phi) is 4.91. The molecule has 2 fully saturated rings. The monoisotopic (exact) mass is 283 g/mol. The van der Waals surface area contributed by atoms with Crippen molar-refractivity contribution in [2.45, 2.75) is 45.3 Å². The standard InChI is InChI=1S/C15H29N3O2/c1-15(2,3)20-14(19)16(4)7-8-17-9-11-18(12-10-17)13-5-6-13/h13H,5-12H2,1-4H3. The number of nitrogens with zero attached hydrogens (tertiary/aromatic N) is 3. The highest BCUT2D eigenvalue weighted by molar-refractivity contribution is 5.67. The largest absolute Gasteiger partial charge is 0.444 e. The molecule has 0 aromatic rings. The molecule has 0 atom stereocenters. The number of amides is 1. The molecule has 0 unspecified atom stereocenters. The minimum atomic E-state index is -0.415. The summed E-state index contributed by atoms with van der Waals surface area (Å²) in [6.45, 7) is 12.0. The van der Waals surface area contributed by atoms with Gasteiger partial charge in [0.2, 0.25) is 0 Å². The number of ether oxygens (including phenoxy) is 1. The summed E-state index contributed by atoms with van der Waals surface area (Å²) in [5, 5.41) is 0. The predicted octanol–water partition coefficient (Wildman–Crippen LogP) is 1.63. The summed E-state index contributed by atoms with van der Waals surface area (Å²) in [5.41, 5.74) is -0.415. The molecule has 1 heterocycles. The van der Waals surface area contributed by atoms with Gasteiger partial charge in [-0.1, -0.05) is 0 Å². The first-order valence-corrected chi connectivity index (χ1v) is 7.76. The Morgan fingerprint density at radius 2 is 1.80 bits per heavy atom. The maximum Gasteiger partial charge on any atom is 0.410 e. The number of hydrogen-bond donors (Lipinski definition) is 0. The third-order valence-electron chi connectivity index (χ3n) is 3.93. The normalized spacial score (nSPS) is 21.8. The van der Waals surface area contributed by atoms with Crippen molar-refractivity contribution in [2.75, 3.05) is 46.3 Å². The van der Waals surface area contributed by atoms with E-state index in [1.54, 1.807) is 4.90 Å². The van der Waals surface area contributed by atoms with E-state index in [-0.39, 0.29) is 6.09 Å². The lowest BCUT2D eigenvalue weighted by atomic mass is 10.2. The van der Waals surface area contributed by atoms with Crippen LogP contribution >= 0.6 is 0 Å². The molecule has 0 aromatic heterocycles. The molecule has 2 rings (SSSR count). The second-order valence-electron chi connectivity index (χ2n) is 7.01. The summed E-state index contributed by atoms with van der Waals surface area (Å²) < 4.78 is 5.36. The molecule has 0 spiro atoms. The minimum Gasteiger partial charge on any atom is -0.444 e. The first-order valence-electron chi connectivity index (χ1n) is 7.76. The van der Waals surface area contributed by atoms with E-state index in [2.05, 4.69) is 9.80 Å². The molecular formula is C15H29N3O2. The second-order valence-corrected chi connectivity index (χ2v) is 7.01. The highest BCUT2D eigenvalue weighted by Gasteiger charge is 2.31. The van der Waals surface area contributed by atoms with Crippen molar-refractivity contribution in [3.05, 3.63) is 0 Å². The summed E-state index contributed by atoms with van der Waals surface area (Å²) in [4.78, 5) is 18.6. The van der Waals surface area contributed by atoms with E-state index in [0.29, 0.717) is 0 Å². The third kappa shape index (κ3) is 4.94. The van der Waals surface area contributed by atoms with Crippen molar-refractivity contribution >= 4 is 6.09 Å². The number of carbonyl (C=O) groups is 1. The molecule has 0 aromatic carbocycles. The topological polar surface area (TPSA) is 36.0 Å². The molecule has 1 aliphatic carbocycles. The van der Waals surface area contributed by atoms with E-state index < -0.39 is 5.60 Å². The Morgan fingerprint density at radius 1 is 1.20 bits per heavy atom. The Bertz CT molecular complexity index is 329. The molecule has 1 saturated carbocycles. The lowest BCUT2D eigenvalue weighted by Crippen LogP contribution is -2.49. The molecule has 116 valence electrons. The summed E-state index contributed by atoms with van der Waals surface area (Å²) >= 11 is 0. The second kappa shape index (κ2) is 6.31. The van der Waals surface area contributed by atoms with Gasteiger partial charge in [-0.3, -0.25) is 9.80 Å². The van der Waals surface area contributed by atoms with Crippen LogP contribution in [0.2, 0.25) is 0 Å². The first kappa shape index (κ1) is 15.6. The maximum absolute atomic E-state index is 11.9. The van der Waals surface area contributed by atoms with E-state index in [1.807, 2.05) is 27.8 Å². The van der Waals surface area contributed by atoms with Gasteiger partial charge in [-0.2, -0.15) is 0 Å². The van der Waals surface area contributed by atoms with Gasteiger partial charge in [-0.15, -0.1) is 0 Å². The van der Waals surface area contributed by atoms with Crippen LogP contribution in [0.25, 0.3) is 0 Å². The summed E-state index contributed by atoms with van der Waals surface area (Å²) in [7, 11) is 1.81. The average Bonchev–Trinajstić information content (AvgIpc) is 3.18. The number of carbonyl (C=O) groups excluding carboxylic acids is 1. The predicted molar refractivity (Wildman–Crippen MR) is 79.9 cm³/mol. The molecule has 1 amide bonds. The molecule has 20 heavy (non-hydrogen) atoms. The quantitative estimate of drug-likeness (QED) is 0.786. The lowest BCUT2D eigenvalue weighted by Gasteiger charge is -2.35. The average molecular weight is 283 g/mol. The number of rotatable bonds is 4. The van der Waals surface area contributed by atoms with Crippen LogP contribution in [-0.2, 0) is 4.74 Å². The molecule has 0 radical (unpaired) electrons. The van der Waals surface area contributed by atoms with Gasteiger partial charge in [0, 0.05) is 52.4 Å². The fourth-order valence-corrected chi connectivity index (χ4v) is 2.51. The van der Waals surface area contributed by atoms with Crippen molar-refractivity contribution in [1.29, 1.82) is 0 Å². The summed E-state index contributed by atoms with van der Waals surface area (Å²) in [5.74, 6) is 0. The van der Waals surface area contributed by atoms with Crippen LogP contribution in [0.5, 0.6) is 0 Å². The number of hydrogen-bond acceptors (Lipinski definition) is 4. The molecule has 0 N–H and O–H groups in total. The molecule has 5 nitrogen and oxygen atoms in total. The zero-order valence-corrected chi connectivity index (χ0v) is 13.4. The highest BCUT2D eigenvalue weighted by atomic mass is 16.6. The molecule has 1 aliphatic heterocycles. The number of likely N-dealkylation sites (N-methyl/N-ethyl adjacent to an activating group) is 1. The fraction of sp³-hybridized carbons (Fsp3) is 0.933. The van der Waals surface area contributed by atoms with Crippen molar-refractivity contribution in [2.24, 2.45) is 0 Å². The number of piperazine rings is 1. The van der Waals surface area contributed by atoms with Gasteiger partial charge < -0.3 is 9.64 Å². The summed E-state index contributed by atoms with van der Waals surface area (Å²) in [6.07, 6.45) is 2.55. The van der Waals surface area contributed by atoms with Gasteiger partial charge in [-0.25, -0.2) is 4.79 Å². The van der Waals surface area contributed by atoms with E-state index in [0.717, 1.165) is 32.2 Å². The SMILES string of the molecule is CN(CCN1CCN(C2CC2)CC1)C(=O)OC(C)(C)C.